The van der Waals surface area contributed by atoms with Crippen LogP contribution in [0, 0.1) is 6.92 Å². The standard InChI is InChI=1S/C17H15BrN2/c1-13-5-2-3-6-15(13)11-20-12-16(10-19-20)14-7-4-8-17(18)9-14/h2-10,12H,11H2,1H3. The predicted molar refractivity (Wildman–Crippen MR) is 85.6 cm³/mol. The van der Waals surface area contributed by atoms with Crippen molar-refractivity contribution in [2.45, 2.75) is 13.5 Å². The second-order valence-electron chi connectivity index (χ2n) is 4.86. The first-order chi connectivity index (χ1) is 9.72. The van der Waals surface area contributed by atoms with Gasteiger partial charge in [0.05, 0.1) is 12.7 Å². The lowest BCUT2D eigenvalue weighted by Gasteiger charge is -2.05. The van der Waals surface area contributed by atoms with Crippen LogP contribution in [0.4, 0.5) is 0 Å². The van der Waals surface area contributed by atoms with Gasteiger partial charge in [-0.15, -0.1) is 0 Å². The molecule has 2 aromatic carbocycles. The van der Waals surface area contributed by atoms with Crippen molar-refractivity contribution in [3.8, 4) is 11.1 Å². The summed E-state index contributed by atoms with van der Waals surface area (Å²) in [6.07, 6.45) is 4.01. The van der Waals surface area contributed by atoms with Crippen molar-refractivity contribution < 1.29 is 0 Å². The Morgan fingerprint density at radius 2 is 1.90 bits per heavy atom. The second kappa shape index (κ2) is 5.63. The van der Waals surface area contributed by atoms with Gasteiger partial charge in [0.25, 0.3) is 0 Å². The molecule has 2 nitrogen and oxygen atoms in total. The molecule has 0 unspecified atom stereocenters. The first kappa shape index (κ1) is 13.1. The number of nitrogens with zero attached hydrogens (tertiary/aromatic N) is 2. The predicted octanol–water partition coefficient (Wildman–Crippen LogP) is 4.67. The zero-order chi connectivity index (χ0) is 13.9. The van der Waals surface area contributed by atoms with Crippen LogP contribution in [0.2, 0.25) is 0 Å². The summed E-state index contributed by atoms with van der Waals surface area (Å²) in [5.41, 5.74) is 4.92. The van der Waals surface area contributed by atoms with E-state index in [4.69, 9.17) is 0 Å². The van der Waals surface area contributed by atoms with Gasteiger partial charge in [-0.2, -0.15) is 5.10 Å². The maximum Gasteiger partial charge on any atom is 0.0662 e. The Morgan fingerprint density at radius 3 is 2.70 bits per heavy atom. The maximum atomic E-state index is 4.46. The third-order valence-electron chi connectivity index (χ3n) is 3.38. The fourth-order valence-corrected chi connectivity index (χ4v) is 2.63. The minimum absolute atomic E-state index is 0.806. The van der Waals surface area contributed by atoms with Gasteiger partial charge in [0.2, 0.25) is 0 Å². The van der Waals surface area contributed by atoms with Gasteiger partial charge in [-0.05, 0) is 35.7 Å². The van der Waals surface area contributed by atoms with Crippen molar-refractivity contribution in [1.29, 1.82) is 0 Å². The van der Waals surface area contributed by atoms with Crippen LogP contribution in [0.5, 0.6) is 0 Å². The average Bonchev–Trinajstić information content (AvgIpc) is 2.90. The monoisotopic (exact) mass is 326 g/mol. The van der Waals surface area contributed by atoms with Gasteiger partial charge in [0.15, 0.2) is 0 Å². The minimum Gasteiger partial charge on any atom is -0.268 e. The summed E-state index contributed by atoms with van der Waals surface area (Å²) in [4.78, 5) is 0. The fourth-order valence-electron chi connectivity index (χ4n) is 2.23. The highest BCUT2D eigenvalue weighted by molar-refractivity contribution is 9.10. The molecule has 1 aromatic heterocycles. The number of benzene rings is 2. The van der Waals surface area contributed by atoms with E-state index in [-0.39, 0.29) is 0 Å². The Labute approximate surface area is 127 Å². The normalized spacial score (nSPS) is 10.7. The summed E-state index contributed by atoms with van der Waals surface area (Å²) in [5, 5.41) is 4.46. The molecule has 0 aliphatic rings. The number of halogens is 1. The molecule has 0 N–H and O–H groups in total. The summed E-state index contributed by atoms with van der Waals surface area (Å²) in [6.45, 7) is 2.94. The molecule has 0 fully saturated rings. The van der Waals surface area contributed by atoms with Gasteiger partial charge in [-0.1, -0.05) is 52.3 Å². The lowest BCUT2D eigenvalue weighted by Crippen LogP contribution is -2.01. The Bertz CT molecular complexity index is 731. The lowest BCUT2D eigenvalue weighted by molar-refractivity contribution is 0.684. The van der Waals surface area contributed by atoms with E-state index in [1.165, 1.54) is 16.7 Å². The average molecular weight is 327 g/mol. The highest BCUT2D eigenvalue weighted by atomic mass is 79.9. The van der Waals surface area contributed by atoms with E-state index in [1.807, 2.05) is 23.0 Å². The molecule has 0 amide bonds. The first-order valence-corrected chi connectivity index (χ1v) is 7.34. The molecule has 0 radical (unpaired) electrons. The molecular weight excluding hydrogens is 312 g/mol. The van der Waals surface area contributed by atoms with Crippen LogP contribution in [-0.4, -0.2) is 9.78 Å². The van der Waals surface area contributed by atoms with Crippen molar-refractivity contribution in [3.05, 3.63) is 76.5 Å². The minimum atomic E-state index is 0.806. The van der Waals surface area contributed by atoms with Gasteiger partial charge < -0.3 is 0 Å². The fraction of sp³-hybridized carbons (Fsp3) is 0.118. The van der Waals surface area contributed by atoms with E-state index < -0.39 is 0 Å². The topological polar surface area (TPSA) is 17.8 Å². The van der Waals surface area contributed by atoms with Crippen molar-refractivity contribution in [2.24, 2.45) is 0 Å². The van der Waals surface area contributed by atoms with Gasteiger partial charge in [-0.25, -0.2) is 0 Å². The van der Waals surface area contributed by atoms with Crippen LogP contribution >= 0.6 is 15.9 Å². The van der Waals surface area contributed by atoms with Crippen molar-refractivity contribution >= 4 is 15.9 Å². The van der Waals surface area contributed by atoms with Crippen molar-refractivity contribution in [3.63, 3.8) is 0 Å². The summed E-state index contributed by atoms with van der Waals surface area (Å²) < 4.78 is 3.07. The summed E-state index contributed by atoms with van der Waals surface area (Å²) >= 11 is 3.50. The molecule has 3 aromatic rings. The largest absolute Gasteiger partial charge is 0.268 e. The van der Waals surface area contributed by atoms with Crippen LogP contribution in [0.3, 0.4) is 0 Å². The molecule has 1 heterocycles. The van der Waals surface area contributed by atoms with Gasteiger partial charge in [0, 0.05) is 16.2 Å². The number of aromatic nitrogens is 2. The SMILES string of the molecule is Cc1ccccc1Cn1cc(-c2cccc(Br)c2)cn1. The first-order valence-electron chi connectivity index (χ1n) is 6.55. The molecule has 20 heavy (non-hydrogen) atoms. The number of rotatable bonds is 3. The molecular formula is C17H15BrN2. The number of hydrogen-bond acceptors (Lipinski definition) is 1. The zero-order valence-corrected chi connectivity index (χ0v) is 12.8. The summed E-state index contributed by atoms with van der Waals surface area (Å²) in [7, 11) is 0. The molecule has 0 spiro atoms. The van der Waals surface area contributed by atoms with Gasteiger partial charge >= 0.3 is 0 Å². The molecule has 0 aliphatic carbocycles. The quantitative estimate of drug-likeness (QED) is 0.683. The van der Waals surface area contributed by atoms with Crippen molar-refractivity contribution in [2.75, 3.05) is 0 Å². The smallest absolute Gasteiger partial charge is 0.0662 e. The van der Waals surface area contributed by atoms with Crippen LogP contribution in [0.1, 0.15) is 11.1 Å². The van der Waals surface area contributed by atoms with E-state index in [2.05, 4.69) is 70.5 Å². The Morgan fingerprint density at radius 1 is 1.05 bits per heavy atom. The van der Waals surface area contributed by atoms with E-state index >= 15 is 0 Å². The molecule has 0 saturated heterocycles. The third-order valence-corrected chi connectivity index (χ3v) is 3.88. The van der Waals surface area contributed by atoms with Crippen LogP contribution in [-0.2, 0) is 6.54 Å². The molecule has 3 heteroatoms. The number of hydrogen-bond donors (Lipinski definition) is 0. The molecule has 0 atom stereocenters. The van der Waals surface area contributed by atoms with Crippen molar-refractivity contribution in [1.82, 2.24) is 9.78 Å². The van der Waals surface area contributed by atoms with E-state index in [9.17, 15) is 0 Å². The second-order valence-corrected chi connectivity index (χ2v) is 5.78. The van der Waals surface area contributed by atoms with E-state index in [0.717, 1.165) is 16.6 Å². The molecule has 3 rings (SSSR count). The van der Waals surface area contributed by atoms with Crippen LogP contribution < -0.4 is 0 Å². The summed E-state index contributed by atoms with van der Waals surface area (Å²) in [5.74, 6) is 0. The Kier molecular flexibility index (Phi) is 3.70. The molecule has 0 bridgehead atoms. The van der Waals surface area contributed by atoms with Gasteiger partial charge in [-0.3, -0.25) is 4.68 Å². The highest BCUT2D eigenvalue weighted by Gasteiger charge is 2.04. The van der Waals surface area contributed by atoms with Gasteiger partial charge in [0.1, 0.15) is 0 Å². The molecule has 100 valence electrons. The zero-order valence-electron chi connectivity index (χ0n) is 11.3. The maximum absolute atomic E-state index is 4.46. The summed E-state index contributed by atoms with van der Waals surface area (Å²) in [6, 6.07) is 16.7. The van der Waals surface area contributed by atoms with E-state index in [1.54, 1.807) is 0 Å². The highest BCUT2D eigenvalue weighted by Crippen LogP contribution is 2.22. The molecule has 0 saturated carbocycles. The lowest BCUT2D eigenvalue weighted by atomic mass is 10.1. The number of aryl methyl sites for hydroxylation is 1. The Balaban J connectivity index is 1.86. The Hall–Kier alpha value is -1.87. The third kappa shape index (κ3) is 2.83. The van der Waals surface area contributed by atoms with E-state index in [0.29, 0.717) is 0 Å². The van der Waals surface area contributed by atoms with Crippen LogP contribution in [0.15, 0.2) is 65.4 Å². The van der Waals surface area contributed by atoms with Crippen LogP contribution in [0.25, 0.3) is 11.1 Å². The molecule has 0 aliphatic heterocycles.